The molecule has 0 radical (unpaired) electrons. The van der Waals surface area contributed by atoms with Gasteiger partial charge in [-0.05, 0) is 31.4 Å². The maximum absolute atomic E-state index is 13.3. The van der Waals surface area contributed by atoms with Gasteiger partial charge < -0.3 is 4.74 Å². The summed E-state index contributed by atoms with van der Waals surface area (Å²) in [6.45, 7) is 0.283. The molecule has 1 aromatic carbocycles. The molecule has 0 aliphatic heterocycles. The first kappa shape index (κ1) is 15.2. The van der Waals surface area contributed by atoms with Crippen molar-refractivity contribution in [3.8, 4) is 5.75 Å². The summed E-state index contributed by atoms with van der Waals surface area (Å²) in [5, 5.41) is 2.96. The number of hydrogen-bond donors (Lipinski definition) is 0. The zero-order chi connectivity index (χ0) is 14.4. The van der Waals surface area contributed by atoms with E-state index >= 15 is 0 Å². The molecule has 1 heterocycles. The van der Waals surface area contributed by atoms with Crippen molar-refractivity contribution in [1.29, 1.82) is 0 Å². The second-order valence-corrected chi connectivity index (χ2v) is 5.43. The summed E-state index contributed by atoms with van der Waals surface area (Å²) in [5.41, 5.74) is 0.886. The fourth-order valence-corrected chi connectivity index (χ4v) is 2.77. The molecule has 108 valence electrons. The maximum Gasteiger partial charge on any atom is 0.190 e. The second kappa shape index (κ2) is 7.55. The fourth-order valence-electron chi connectivity index (χ4n) is 1.70. The summed E-state index contributed by atoms with van der Waals surface area (Å²) in [4.78, 5) is 4.34. The van der Waals surface area contributed by atoms with Crippen LogP contribution >= 0.6 is 22.9 Å². The number of ether oxygens (including phenoxy) is 1. The minimum absolute atomic E-state index is 0.283. The number of alkyl halides is 1. The number of aryl methyl sites for hydroxylation is 1. The Morgan fingerprint density at radius 2 is 1.95 bits per heavy atom. The fraction of sp³-hybridized carbons (Fsp3) is 0.357. The lowest BCUT2D eigenvalue weighted by molar-refractivity contribution is 0.277. The molecule has 20 heavy (non-hydrogen) atoms. The molecule has 2 aromatic rings. The Hall–Kier alpha value is -1.20. The maximum atomic E-state index is 13.3. The van der Waals surface area contributed by atoms with Crippen LogP contribution in [0, 0.1) is 11.6 Å². The Balaban J connectivity index is 1.71. The van der Waals surface area contributed by atoms with Gasteiger partial charge in [0.1, 0.15) is 0 Å². The average molecular weight is 318 g/mol. The zero-order valence-electron chi connectivity index (χ0n) is 10.7. The lowest BCUT2D eigenvalue weighted by Crippen LogP contribution is -2.02. The molecule has 2 rings (SSSR count). The van der Waals surface area contributed by atoms with E-state index in [0.29, 0.717) is 12.3 Å². The SMILES string of the molecule is Fc1cccc(F)c1OCCCCc1nc(CCl)cs1. The van der Waals surface area contributed by atoms with E-state index in [1.165, 1.54) is 18.2 Å². The number of para-hydroxylation sites is 1. The van der Waals surface area contributed by atoms with Gasteiger partial charge in [-0.3, -0.25) is 0 Å². The molecule has 0 spiro atoms. The van der Waals surface area contributed by atoms with Gasteiger partial charge >= 0.3 is 0 Å². The lowest BCUT2D eigenvalue weighted by atomic mass is 10.2. The Morgan fingerprint density at radius 3 is 2.60 bits per heavy atom. The molecule has 0 aliphatic carbocycles. The molecule has 0 fully saturated rings. The van der Waals surface area contributed by atoms with Crippen LogP contribution in [0.25, 0.3) is 0 Å². The molecular weight excluding hydrogens is 304 g/mol. The highest BCUT2D eigenvalue weighted by molar-refractivity contribution is 7.09. The van der Waals surface area contributed by atoms with Gasteiger partial charge in [-0.2, -0.15) is 0 Å². The molecule has 0 saturated heterocycles. The first-order valence-electron chi connectivity index (χ1n) is 6.26. The highest BCUT2D eigenvalue weighted by Gasteiger charge is 2.09. The van der Waals surface area contributed by atoms with Crippen molar-refractivity contribution in [2.45, 2.75) is 25.1 Å². The van der Waals surface area contributed by atoms with Crippen LogP contribution < -0.4 is 4.74 Å². The van der Waals surface area contributed by atoms with E-state index in [2.05, 4.69) is 4.98 Å². The number of rotatable bonds is 7. The Morgan fingerprint density at radius 1 is 1.20 bits per heavy atom. The Kier molecular flexibility index (Phi) is 5.73. The molecule has 2 nitrogen and oxygen atoms in total. The number of unbranched alkanes of at least 4 members (excludes halogenated alkanes) is 1. The third kappa shape index (κ3) is 4.15. The van der Waals surface area contributed by atoms with Gasteiger partial charge in [-0.1, -0.05) is 6.07 Å². The summed E-state index contributed by atoms with van der Waals surface area (Å²) < 4.78 is 31.7. The van der Waals surface area contributed by atoms with Crippen LogP contribution in [0.5, 0.6) is 5.75 Å². The minimum Gasteiger partial charge on any atom is -0.488 e. The minimum atomic E-state index is -0.670. The number of halogens is 3. The molecule has 0 unspecified atom stereocenters. The lowest BCUT2D eigenvalue weighted by Gasteiger charge is -2.07. The van der Waals surface area contributed by atoms with Gasteiger partial charge in [0.2, 0.25) is 0 Å². The van der Waals surface area contributed by atoms with Crippen LogP contribution in [0.1, 0.15) is 23.5 Å². The van der Waals surface area contributed by atoms with Gasteiger partial charge in [0.25, 0.3) is 0 Å². The van der Waals surface area contributed by atoms with E-state index in [0.717, 1.165) is 23.5 Å². The highest BCUT2D eigenvalue weighted by atomic mass is 35.5. The van der Waals surface area contributed by atoms with E-state index < -0.39 is 11.6 Å². The van der Waals surface area contributed by atoms with Crippen molar-refractivity contribution < 1.29 is 13.5 Å². The van der Waals surface area contributed by atoms with E-state index in [1.54, 1.807) is 11.3 Å². The number of nitrogens with zero attached hydrogens (tertiary/aromatic N) is 1. The molecule has 6 heteroatoms. The first-order valence-corrected chi connectivity index (χ1v) is 7.68. The summed E-state index contributed by atoms with van der Waals surface area (Å²) in [6.07, 6.45) is 2.39. The standard InChI is InChI=1S/C14H14ClF2NOS/c15-8-10-9-20-13(18-10)6-1-2-7-19-14-11(16)4-3-5-12(14)17/h3-5,9H,1-2,6-8H2. The predicted molar refractivity (Wildman–Crippen MR) is 76.5 cm³/mol. The molecular formula is C14H14ClF2NOS. The summed E-state index contributed by atoms with van der Waals surface area (Å²) >= 11 is 7.25. The average Bonchev–Trinajstić information content (AvgIpc) is 2.89. The largest absolute Gasteiger partial charge is 0.488 e. The van der Waals surface area contributed by atoms with Crippen molar-refractivity contribution in [2.75, 3.05) is 6.61 Å². The van der Waals surface area contributed by atoms with Crippen molar-refractivity contribution in [1.82, 2.24) is 4.98 Å². The number of thiazole rings is 1. The number of hydrogen-bond acceptors (Lipinski definition) is 3. The number of aromatic nitrogens is 1. The van der Waals surface area contributed by atoms with Crippen LogP contribution in [0.3, 0.4) is 0 Å². The molecule has 0 aliphatic rings. The third-order valence-electron chi connectivity index (χ3n) is 2.69. The molecule has 1 aromatic heterocycles. The normalized spacial score (nSPS) is 10.8. The van der Waals surface area contributed by atoms with E-state index in [1.807, 2.05) is 5.38 Å². The zero-order valence-corrected chi connectivity index (χ0v) is 12.3. The highest BCUT2D eigenvalue weighted by Crippen LogP contribution is 2.21. The van der Waals surface area contributed by atoms with Crippen LogP contribution in [-0.2, 0) is 12.3 Å². The summed E-state index contributed by atoms with van der Waals surface area (Å²) in [5.74, 6) is -1.22. The van der Waals surface area contributed by atoms with E-state index in [9.17, 15) is 8.78 Å². The van der Waals surface area contributed by atoms with E-state index in [-0.39, 0.29) is 12.4 Å². The smallest absolute Gasteiger partial charge is 0.190 e. The van der Waals surface area contributed by atoms with Crippen LogP contribution in [-0.4, -0.2) is 11.6 Å². The monoisotopic (exact) mass is 317 g/mol. The van der Waals surface area contributed by atoms with Crippen molar-refractivity contribution in [3.05, 3.63) is 45.9 Å². The first-order chi connectivity index (χ1) is 9.70. The summed E-state index contributed by atoms with van der Waals surface area (Å²) in [6, 6.07) is 3.68. The number of benzene rings is 1. The van der Waals surface area contributed by atoms with Crippen molar-refractivity contribution in [2.24, 2.45) is 0 Å². The van der Waals surface area contributed by atoms with Crippen LogP contribution in [0.2, 0.25) is 0 Å². The molecule has 0 saturated carbocycles. The molecule has 0 bridgehead atoms. The van der Waals surface area contributed by atoms with Gasteiger partial charge in [0.05, 0.1) is 23.2 Å². The van der Waals surface area contributed by atoms with Crippen LogP contribution in [0.4, 0.5) is 8.78 Å². The predicted octanol–water partition coefficient (Wildman–Crippen LogP) is 4.56. The topological polar surface area (TPSA) is 22.1 Å². The molecule has 0 amide bonds. The molecule has 0 atom stereocenters. The van der Waals surface area contributed by atoms with Gasteiger partial charge in [-0.15, -0.1) is 22.9 Å². The van der Waals surface area contributed by atoms with Crippen molar-refractivity contribution in [3.63, 3.8) is 0 Å². The summed E-state index contributed by atoms with van der Waals surface area (Å²) in [7, 11) is 0. The van der Waals surface area contributed by atoms with Gasteiger partial charge in [0, 0.05) is 5.38 Å². The third-order valence-corrected chi connectivity index (χ3v) is 3.92. The quantitative estimate of drug-likeness (QED) is 0.551. The van der Waals surface area contributed by atoms with E-state index in [4.69, 9.17) is 16.3 Å². The van der Waals surface area contributed by atoms with Gasteiger partial charge in [-0.25, -0.2) is 13.8 Å². The molecule has 0 N–H and O–H groups in total. The van der Waals surface area contributed by atoms with Crippen molar-refractivity contribution >= 4 is 22.9 Å². The van der Waals surface area contributed by atoms with Crippen LogP contribution in [0.15, 0.2) is 23.6 Å². The van der Waals surface area contributed by atoms with Gasteiger partial charge in [0.15, 0.2) is 17.4 Å². The Bertz CT molecular complexity index is 542. The Labute approximate surface area is 125 Å². The second-order valence-electron chi connectivity index (χ2n) is 4.22.